The van der Waals surface area contributed by atoms with E-state index in [-0.39, 0.29) is 11.2 Å². The van der Waals surface area contributed by atoms with Gasteiger partial charge in [-0.3, -0.25) is 9.59 Å². The molecule has 0 aliphatic carbocycles. The van der Waals surface area contributed by atoms with Crippen LogP contribution < -0.4 is 14.9 Å². The summed E-state index contributed by atoms with van der Waals surface area (Å²) in [4.78, 5) is 31.5. The molecule has 3 heterocycles. The Hall–Kier alpha value is -3.67. The number of benzene rings is 2. The average Bonchev–Trinajstić information content (AvgIpc) is 2.79. The normalized spacial score (nSPS) is 14.8. The number of hydrogen-bond donors (Lipinski definition) is 0. The largest absolute Gasteiger partial charge is 0.496 e. The summed E-state index contributed by atoms with van der Waals surface area (Å²) >= 11 is 0. The summed E-state index contributed by atoms with van der Waals surface area (Å²) < 4.78 is 13.9. The molecule has 0 unspecified atom stereocenters. The van der Waals surface area contributed by atoms with Crippen LogP contribution in [0.4, 0.5) is 0 Å². The first-order valence-electron chi connectivity index (χ1n) is 11.1. The highest BCUT2D eigenvalue weighted by atomic mass is 16.5. The van der Waals surface area contributed by atoms with Crippen LogP contribution in [-0.2, 0) is 11.8 Å². The Morgan fingerprint density at radius 1 is 1.21 bits per heavy atom. The Balaban J connectivity index is 1.95. The van der Waals surface area contributed by atoms with Crippen LogP contribution in [0.25, 0.3) is 38.9 Å². The van der Waals surface area contributed by atoms with Crippen LogP contribution in [0.3, 0.4) is 0 Å². The van der Waals surface area contributed by atoms with Crippen molar-refractivity contribution in [3.8, 4) is 11.5 Å². The molecule has 0 fully saturated rings. The number of hydrogen-bond acceptors (Lipinski definition) is 5. The van der Waals surface area contributed by atoms with Gasteiger partial charge in [0.1, 0.15) is 22.7 Å². The van der Waals surface area contributed by atoms with Crippen molar-refractivity contribution >= 4 is 44.7 Å². The Kier molecular flexibility index (Phi) is 4.78. The highest BCUT2D eigenvalue weighted by molar-refractivity contribution is 6.08. The molecule has 0 saturated heterocycles. The molecule has 168 valence electrons. The first kappa shape index (κ1) is 21.2. The van der Waals surface area contributed by atoms with Crippen LogP contribution in [0, 0.1) is 0 Å². The number of nitrogens with zero attached hydrogens (tertiary/aromatic N) is 2. The maximum atomic E-state index is 13.7. The topological polar surface area (TPSA) is 70.4 Å². The molecule has 0 spiro atoms. The van der Waals surface area contributed by atoms with E-state index < -0.39 is 5.60 Å². The maximum Gasteiger partial charge on any atom is 0.202 e. The van der Waals surface area contributed by atoms with E-state index in [1.165, 1.54) is 0 Å². The van der Waals surface area contributed by atoms with Gasteiger partial charge in [-0.25, -0.2) is 4.98 Å². The number of para-hydroxylation sites is 1. The molecule has 0 N–H and O–H groups in total. The monoisotopic (exact) mass is 442 g/mol. The molecule has 0 saturated carbocycles. The number of aryl methyl sites for hydroxylation is 1. The summed E-state index contributed by atoms with van der Waals surface area (Å²) in [5, 5.41) is 1.87. The standard InChI is InChI=1S/C27H26N2O4/c1-6-9-20(30)18-13-16-21(33-27(18,2)3)14-22(32-5)23-24(16)29(4)26-17(25(23)31)12-15-10-7-8-11-19(15)28-26/h7-8,10-14H,6,9H2,1-5H3. The van der Waals surface area contributed by atoms with E-state index in [0.29, 0.717) is 51.0 Å². The van der Waals surface area contributed by atoms with Gasteiger partial charge in [0.05, 0.1) is 28.9 Å². The maximum absolute atomic E-state index is 13.7. The third-order valence-electron chi connectivity index (χ3n) is 6.39. The second kappa shape index (κ2) is 7.44. The van der Waals surface area contributed by atoms with Gasteiger partial charge in [-0.2, -0.15) is 0 Å². The van der Waals surface area contributed by atoms with Gasteiger partial charge in [-0.15, -0.1) is 0 Å². The molecule has 0 radical (unpaired) electrons. The minimum absolute atomic E-state index is 0.0482. The van der Waals surface area contributed by atoms with Crippen LogP contribution in [0.5, 0.6) is 11.5 Å². The number of carbonyl (C=O) groups excluding carboxylic acids is 1. The molecule has 0 amide bonds. The van der Waals surface area contributed by atoms with Gasteiger partial charge in [0.25, 0.3) is 0 Å². The molecular formula is C27H26N2O4. The van der Waals surface area contributed by atoms with Crippen molar-refractivity contribution in [1.29, 1.82) is 0 Å². The predicted molar refractivity (Wildman–Crippen MR) is 131 cm³/mol. The van der Waals surface area contributed by atoms with Gasteiger partial charge < -0.3 is 14.0 Å². The number of fused-ring (bicyclic) bond motifs is 5. The van der Waals surface area contributed by atoms with Gasteiger partial charge in [0, 0.05) is 36.1 Å². The van der Waals surface area contributed by atoms with Crippen molar-refractivity contribution < 1.29 is 14.3 Å². The smallest absolute Gasteiger partial charge is 0.202 e. The molecule has 33 heavy (non-hydrogen) atoms. The Morgan fingerprint density at radius 3 is 2.70 bits per heavy atom. The molecule has 6 heteroatoms. The zero-order valence-electron chi connectivity index (χ0n) is 19.5. The zero-order valence-corrected chi connectivity index (χ0v) is 19.5. The second-order valence-electron chi connectivity index (χ2n) is 9.00. The number of Topliss-reactive ketones (excluding diaryl/α,β-unsaturated/α-hetero) is 1. The number of aromatic nitrogens is 2. The summed E-state index contributed by atoms with van der Waals surface area (Å²) in [6.45, 7) is 5.76. The summed E-state index contributed by atoms with van der Waals surface area (Å²) in [5.41, 5.74) is 2.37. The molecule has 1 aliphatic heterocycles. The lowest BCUT2D eigenvalue weighted by Crippen LogP contribution is -2.37. The summed E-state index contributed by atoms with van der Waals surface area (Å²) in [6, 6.07) is 11.4. The molecule has 5 rings (SSSR count). The van der Waals surface area contributed by atoms with E-state index in [1.807, 2.05) is 68.8 Å². The molecule has 2 aromatic carbocycles. The van der Waals surface area contributed by atoms with E-state index in [4.69, 9.17) is 14.5 Å². The van der Waals surface area contributed by atoms with Crippen molar-refractivity contribution in [2.45, 2.75) is 39.2 Å². The van der Waals surface area contributed by atoms with E-state index in [2.05, 4.69) is 0 Å². The number of rotatable bonds is 4. The van der Waals surface area contributed by atoms with Crippen LogP contribution in [0.2, 0.25) is 0 Å². The van der Waals surface area contributed by atoms with E-state index in [9.17, 15) is 9.59 Å². The van der Waals surface area contributed by atoms with Crippen LogP contribution >= 0.6 is 0 Å². The van der Waals surface area contributed by atoms with Crippen molar-refractivity contribution in [1.82, 2.24) is 9.55 Å². The molecule has 1 aliphatic rings. The Bertz CT molecular complexity index is 1560. The first-order chi connectivity index (χ1) is 15.8. The number of pyridine rings is 2. The number of ketones is 1. The quantitative estimate of drug-likeness (QED) is 0.408. The van der Waals surface area contributed by atoms with E-state index >= 15 is 0 Å². The van der Waals surface area contributed by atoms with Crippen molar-refractivity contribution in [3.63, 3.8) is 0 Å². The summed E-state index contributed by atoms with van der Waals surface area (Å²) in [6.07, 6.45) is 3.07. The van der Waals surface area contributed by atoms with Crippen molar-refractivity contribution in [2.75, 3.05) is 7.11 Å². The molecule has 6 nitrogen and oxygen atoms in total. The van der Waals surface area contributed by atoms with Crippen molar-refractivity contribution in [2.24, 2.45) is 7.05 Å². The number of methoxy groups -OCH3 is 1. The lowest BCUT2D eigenvalue weighted by Gasteiger charge is -2.34. The fourth-order valence-corrected chi connectivity index (χ4v) is 4.78. The molecule has 2 aromatic heterocycles. The summed E-state index contributed by atoms with van der Waals surface area (Å²) in [5.74, 6) is 1.06. The molecule has 0 bridgehead atoms. The second-order valence-corrected chi connectivity index (χ2v) is 9.00. The van der Waals surface area contributed by atoms with Crippen LogP contribution in [-0.4, -0.2) is 28.0 Å². The Morgan fingerprint density at radius 2 is 1.97 bits per heavy atom. The third-order valence-corrected chi connectivity index (χ3v) is 6.39. The van der Waals surface area contributed by atoms with Crippen LogP contribution in [0.1, 0.15) is 39.2 Å². The zero-order chi connectivity index (χ0) is 23.5. The number of carbonyl (C=O) groups is 1. The predicted octanol–water partition coefficient (Wildman–Crippen LogP) is 5.17. The van der Waals surface area contributed by atoms with Gasteiger partial charge in [-0.05, 0) is 38.5 Å². The van der Waals surface area contributed by atoms with Gasteiger partial charge in [0.2, 0.25) is 5.43 Å². The molecule has 4 aromatic rings. The van der Waals surface area contributed by atoms with Gasteiger partial charge in [-0.1, -0.05) is 25.1 Å². The van der Waals surface area contributed by atoms with E-state index in [0.717, 1.165) is 17.3 Å². The minimum atomic E-state index is -0.790. The lowest BCUT2D eigenvalue weighted by atomic mass is 9.87. The highest BCUT2D eigenvalue weighted by Gasteiger charge is 2.36. The SMILES string of the molecule is CCCC(=O)C1=Cc2c(cc(OC)c3c(=O)c4cc5ccccc5nc4n(C)c23)OC1(C)C. The average molecular weight is 443 g/mol. The van der Waals surface area contributed by atoms with E-state index in [1.54, 1.807) is 13.2 Å². The molecular weight excluding hydrogens is 416 g/mol. The highest BCUT2D eigenvalue weighted by Crippen LogP contribution is 2.43. The lowest BCUT2D eigenvalue weighted by molar-refractivity contribution is -0.117. The fourth-order valence-electron chi connectivity index (χ4n) is 4.78. The van der Waals surface area contributed by atoms with Crippen molar-refractivity contribution in [3.05, 3.63) is 57.8 Å². The first-order valence-corrected chi connectivity index (χ1v) is 11.1. The minimum Gasteiger partial charge on any atom is -0.496 e. The number of ether oxygens (including phenoxy) is 2. The molecule has 0 atom stereocenters. The Labute approximate surface area is 191 Å². The van der Waals surface area contributed by atoms with Crippen LogP contribution in [0.15, 0.2) is 46.8 Å². The van der Waals surface area contributed by atoms with Gasteiger partial charge >= 0.3 is 0 Å². The van der Waals surface area contributed by atoms with Gasteiger partial charge in [0.15, 0.2) is 5.78 Å². The third kappa shape index (κ3) is 3.12. The fraction of sp³-hybridized carbons (Fsp3) is 0.296. The summed E-state index contributed by atoms with van der Waals surface area (Å²) in [7, 11) is 3.43.